The molecule has 0 aliphatic rings. The number of thioether (sulfide) groups is 1. The van der Waals surface area contributed by atoms with Gasteiger partial charge in [0.15, 0.2) is 5.16 Å². The molecule has 0 aliphatic carbocycles. The van der Waals surface area contributed by atoms with Crippen molar-refractivity contribution >= 4 is 50.3 Å². The number of aromatic nitrogens is 2. The Balaban J connectivity index is 1.70. The summed E-state index contributed by atoms with van der Waals surface area (Å²) in [6, 6.07) is 15.5. The number of hydrogen-bond donors (Lipinski definition) is 1. The molecule has 1 N–H and O–H groups in total. The van der Waals surface area contributed by atoms with Gasteiger partial charge >= 0.3 is 0 Å². The van der Waals surface area contributed by atoms with Crippen LogP contribution in [0.5, 0.6) is 0 Å². The van der Waals surface area contributed by atoms with Gasteiger partial charge in [-0.25, -0.2) is 4.98 Å². The van der Waals surface area contributed by atoms with E-state index in [1.807, 2.05) is 48.5 Å². The number of para-hydroxylation sites is 2. The van der Waals surface area contributed by atoms with Crippen molar-refractivity contribution in [2.75, 3.05) is 24.8 Å². The Hall–Kier alpha value is -1.83. The Bertz CT molecular complexity index is 882. The number of fused-ring (bicyclic) bond motifs is 1. The number of carbonyl (C=O) groups is 1. The van der Waals surface area contributed by atoms with Crippen molar-refractivity contribution in [2.45, 2.75) is 11.7 Å². The minimum Gasteiger partial charge on any atom is -0.383 e. The Morgan fingerprint density at radius 3 is 2.92 bits per heavy atom. The van der Waals surface area contributed by atoms with Gasteiger partial charge in [0.2, 0.25) is 5.91 Å². The molecule has 0 spiro atoms. The number of nitrogens with one attached hydrogen (secondary N) is 1. The molecule has 0 unspecified atom stereocenters. The van der Waals surface area contributed by atoms with E-state index >= 15 is 0 Å². The predicted molar refractivity (Wildman–Crippen MR) is 105 cm³/mol. The fourth-order valence-corrected chi connectivity index (χ4v) is 3.70. The summed E-state index contributed by atoms with van der Waals surface area (Å²) in [6.07, 6.45) is 0. The first-order valence-corrected chi connectivity index (χ1v) is 9.57. The molecule has 1 amide bonds. The third-order valence-corrected chi connectivity index (χ3v) is 5.05. The molecule has 0 aliphatic heterocycles. The summed E-state index contributed by atoms with van der Waals surface area (Å²) in [6.45, 7) is 1.30. The highest BCUT2D eigenvalue weighted by Gasteiger charge is 2.13. The smallest absolute Gasteiger partial charge is 0.234 e. The van der Waals surface area contributed by atoms with Crippen LogP contribution in [0.3, 0.4) is 0 Å². The minimum atomic E-state index is -0.0616. The van der Waals surface area contributed by atoms with Gasteiger partial charge in [0.05, 0.1) is 23.4 Å². The summed E-state index contributed by atoms with van der Waals surface area (Å²) < 4.78 is 8.22. The number of amides is 1. The summed E-state index contributed by atoms with van der Waals surface area (Å²) in [5, 5.41) is 3.72. The lowest BCUT2D eigenvalue weighted by atomic mass is 10.3. The second-order valence-electron chi connectivity index (χ2n) is 5.37. The normalized spacial score (nSPS) is 11.0. The number of imidazole rings is 1. The van der Waals surface area contributed by atoms with Crippen molar-refractivity contribution in [3.8, 4) is 0 Å². The molecule has 0 radical (unpaired) electrons. The van der Waals surface area contributed by atoms with Gasteiger partial charge in [0, 0.05) is 23.8 Å². The van der Waals surface area contributed by atoms with Crippen LogP contribution in [0.4, 0.5) is 5.69 Å². The zero-order valence-electron chi connectivity index (χ0n) is 13.7. The van der Waals surface area contributed by atoms with E-state index < -0.39 is 0 Å². The number of ether oxygens (including phenoxy) is 1. The fourth-order valence-electron chi connectivity index (χ4n) is 2.46. The number of nitrogens with zero attached hydrogens (tertiary/aromatic N) is 2. The van der Waals surface area contributed by atoms with Gasteiger partial charge < -0.3 is 14.6 Å². The molecule has 5 nitrogen and oxygen atoms in total. The Morgan fingerprint density at radius 2 is 2.12 bits per heavy atom. The van der Waals surface area contributed by atoms with Crippen molar-refractivity contribution < 1.29 is 9.53 Å². The summed E-state index contributed by atoms with van der Waals surface area (Å²) in [4.78, 5) is 16.9. The maximum absolute atomic E-state index is 12.2. The molecular weight excluding hydrogens is 402 g/mol. The average molecular weight is 420 g/mol. The van der Waals surface area contributed by atoms with Crippen LogP contribution in [-0.4, -0.2) is 34.9 Å². The Kier molecular flexibility index (Phi) is 6.12. The predicted octanol–water partition coefficient (Wildman–Crippen LogP) is 4.18. The van der Waals surface area contributed by atoms with Gasteiger partial charge in [0.1, 0.15) is 0 Å². The van der Waals surface area contributed by atoms with Crippen molar-refractivity contribution in [1.82, 2.24) is 9.55 Å². The molecule has 0 saturated carbocycles. The van der Waals surface area contributed by atoms with Gasteiger partial charge in [-0.05, 0) is 30.3 Å². The molecule has 2 aromatic carbocycles. The first kappa shape index (κ1) is 18.0. The monoisotopic (exact) mass is 419 g/mol. The molecule has 1 heterocycles. The van der Waals surface area contributed by atoms with Crippen molar-refractivity contribution in [2.24, 2.45) is 0 Å². The van der Waals surface area contributed by atoms with Gasteiger partial charge in [-0.1, -0.05) is 45.9 Å². The number of methoxy groups -OCH3 is 1. The first-order chi connectivity index (χ1) is 12.2. The molecule has 130 valence electrons. The Morgan fingerprint density at radius 1 is 1.28 bits per heavy atom. The standard InChI is InChI=1S/C18H18BrN3O2S/c1-24-10-9-22-16-8-3-2-7-15(16)21-18(22)25-12-17(23)20-14-6-4-5-13(19)11-14/h2-8,11H,9-10,12H2,1H3,(H,20,23). The SMILES string of the molecule is COCCn1c(SCC(=O)Nc2cccc(Br)c2)nc2ccccc21. The number of hydrogen-bond acceptors (Lipinski definition) is 4. The van der Waals surface area contributed by atoms with Crippen LogP contribution in [0.2, 0.25) is 0 Å². The Labute approximate surface area is 158 Å². The molecular formula is C18H18BrN3O2S. The number of halogens is 1. The topological polar surface area (TPSA) is 56.1 Å². The summed E-state index contributed by atoms with van der Waals surface area (Å²) in [5.41, 5.74) is 2.75. The number of benzene rings is 2. The van der Waals surface area contributed by atoms with E-state index in [9.17, 15) is 4.79 Å². The molecule has 7 heteroatoms. The van der Waals surface area contributed by atoms with E-state index in [0.29, 0.717) is 18.9 Å². The van der Waals surface area contributed by atoms with Gasteiger partial charge in [-0.2, -0.15) is 0 Å². The van der Waals surface area contributed by atoms with E-state index in [1.165, 1.54) is 11.8 Å². The molecule has 25 heavy (non-hydrogen) atoms. The number of anilines is 1. The largest absolute Gasteiger partial charge is 0.383 e. The fraction of sp³-hybridized carbons (Fsp3) is 0.222. The van der Waals surface area contributed by atoms with Crippen LogP contribution in [0.15, 0.2) is 58.2 Å². The molecule has 0 fully saturated rings. The second-order valence-corrected chi connectivity index (χ2v) is 7.23. The molecule has 0 saturated heterocycles. The highest BCUT2D eigenvalue weighted by molar-refractivity contribution is 9.10. The zero-order valence-corrected chi connectivity index (χ0v) is 16.1. The third kappa shape index (κ3) is 4.62. The summed E-state index contributed by atoms with van der Waals surface area (Å²) >= 11 is 4.83. The molecule has 3 aromatic rings. The van der Waals surface area contributed by atoms with E-state index in [0.717, 1.165) is 26.3 Å². The summed E-state index contributed by atoms with van der Waals surface area (Å²) in [7, 11) is 1.68. The van der Waals surface area contributed by atoms with Crippen LogP contribution in [-0.2, 0) is 16.1 Å². The maximum Gasteiger partial charge on any atom is 0.234 e. The van der Waals surface area contributed by atoms with Gasteiger partial charge in [0.25, 0.3) is 0 Å². The van der Waals surface area contributed by atoms with Crippen LogP contribution in [0.1, 0.15) is 0 Å². The molecule has 0 atom stereocenters. The lowest BCUT2D eigenvalue weighted by Crippen LogP contribution is -2.15. The molecule has 1 aromatic heterocycles. The van der Waals surface area contributed by atoms with Crippen LogP contribution < -0.4 is 5.32 Å². The van der Waals surface area contributed by atoms with Crippen molar-refractivity contribution in [3.05, 3.63) is 53.0 Å². The lowest BCUT2D eigenvalue weighted by molar-refractivity contribution is -0.113. The highest BCUT2D eigenvalue weighted by atomic mass is 79.9. The van der Waals surface area contributed by atoms with Crippen LogP contribution in [0, 0.1) is 0 Å². The van der Waals surface area contributed by atoms with E-state index in [4.69, 9.17) is 4.74 Å². The maximum atomic E-state index is 12.2. The molecule has 3 rings (SSSR count). The van der Waals surface area contributed by atoms with Crippen LogP contribution in [0.25, 0.3) is 11.0 Å². The summed E-state index contributed by atoms with van der Waals surface area (Å²) in [5.74, 6) is 0.233. The second kappa shape index (κ2) is 8.51. The van der Waals surface area contributed by atoms with Gasteiger partial charge in [-0.3, -0.25) is 4.79 Å². The zero-order chi connectivity index (χ0) is 17.6. The minimum absolute atomic E-state index is 0.0616. The van der Waals surface area contributed by atoms with E-state index in [1.54, 1.807) is 7.11 Å². The highest BCUT2D eigenvalue weighted by Crippen LogP contribution is 2.24. The number of carbonyl (C=O) groups excluding carboxylic acids is 1. The van der Waals surface area contributed by atoms with Crippen LogP contribution >= 0.6 is 27.7 Å². The van der Waals surface area contributed by atoms with Crippen molar-refractivity contribution in [1.29, 1.82) is 0 Å². The van der Waals surface area contributed by atoms with E-state index in [2.05, 4.69) is 30.8 Å². The van der Waals surface area contributed by atoms with E-state index in [-0.39, 0.29) is 5.91 Å². The number of rotatable bonds is 7. The third-order valence-electron chi connectivity index (χ3n) is 3.58. The lowest BCUT2D eigenvalue weighted by Gasteiger charge is -2.09. The first-order valence-electron chi connectivity index (χ1n) is 7.80. The van der Waals surface area contributed by atoms with Gasteiger partial charge in [-0.15, -0.1) is 0 Å². The van der Waals surface area contributed by atoms with Crippen molar-refractivity contribution in [3.63, 3.8) is 0 Å². The quantitative estimate of drug-likeness (QED) is 0.583. The molecule has 0 bridgehead atoms. The average Bonchev–Trinajstić information content (AvgIpc) is 2.96.